The number of nitrogens with zero attached hydrogens (tertiary/aromatic N) is 4. The van der Waals surface area contributed by atoms with Gasteiger partial charge in [0.05, 0.1) is 4.88 Å². The fourth-order valence-electron chi connectivity index (χ4n) is 4.13. The first-order valence-electron chi connectivity index (χ1n) is 11.7. The Hall–Kier alpha value is -3.44. The van der Waals surface area contributed by atoms with E-state index in [9.17, 15) is 4.79 Å². The zero-order valence-corrected chi connectivity index (χ0v) is 20.6. The van der Waals surface area contributed by atoms with E-state index < -0.39 is 0 Å². The average Bonchev–Trinajstić information content (AvgIpc) is 3.58. The van der Waals surface area contributed by atoms with Crippen LogP contribution in [-0.4, -0.2) is 65.6 Å². The van der Waals surface area contributed by atoms with Crippen molar-refractivity contribution in [1.29, 1.82) is 0 Å². The van der Waals surface area contributed by atoms with Gasteiger partial charge in [-0.25, -0.2) is 9.97 Å². The van der Waals surface area contributed by atoms with Crippen LogP contribution in [0.5, 0.6) is 11.5 Å². The summed E-state index contributed by atoms with van der Waals surface area (Å²) < 4.78 is 11.0. The Labute approximate surface area is 207 Å². The van der Waals surface area contributed by atoms with Crippen LogP contribution in [0.15, 0.2) is 29.4 Å². The first-order valence-corrected chi connectivity index (χ1v) is 12.5. The number of amides is 1. The molecule has 0 unspecified atom stereocenters. The fourth-order valence-corrected chi connectivity index (χ4v) is 5.07. The summed E-state index contributed by atoms with van der Waals surface area (Å²) in [5.74, 6) is 1.21. The SMILES string of the molecule is CC(C)NC(=O)c1cc2c(C(=NOCCN3CCCC3)c3ccc4c(c3)OCO4)nc(N)nc2s1. The molecule has 0 aliphatic carbocycles. The van der Waals surface area contributed by atoms with Crippen LogP contribution in [0.3, 0.4) is 0 Å². The summed E-state index contributed by atoms with van der Waals surface area (Å²) in [6.45, 7) is 7.42. The zero-order chi connectivity index (χ0) is 24.4. The molecule has 0 bridgehead atoms. The van der Waals surface area contributed by atoms with Crippen molar-refractivity contribution >= 4 is 39.1 Å². The molecule has 2 aliphatic rings. The number of oxime groups is 1. The number of fused-ring (bicyclic) bond motifs is 2. The molecular weight excluding hydrogens is 468 g/mol. The molecule has 1 aromatic carbocycles. The highest BCUT2D eigenvalue weighted by Crippen LogP contribution is 2.34. The van der Waals surface area contributed by atoms with E-state index in [1.807, 2.05) is 32.0 Å². The quantitative estimate of drug-likeness (QED) is 0.277. The highest BCUT2D eigenvalue weighted by molar-refractivity contribution is 7.20. The van der Waals surface area contributed by atoms with E-state index in [-0.39, 0.29) is 24.7 Å². The average molecular weight is 497 g/mol. The maximum Gasteiger partial charge on any atom is 0.261 e. The molecule has 35 heavy (non-hydrogen) atoms. The molecule has 3 N–H and O–H groups in total. The van der Waals surface area contributed by atoms with Crippen molar-refractivity contribution in [3.8, 4) is 11.5 Å². The third-order valence-electron chi connectivity index (χ3n) is 5.78. The normalized spacial score (nSPS) is 15.8. The fraction of sp³-hybridized carbons (Fsp3) is 0.417. The van der Waals surface area contributed by atoms with Gasteiger partial charge in [-0.15, -0.1) is 11.3 Å². The molecule has 0 saturated carbocycles. The van der Waals surface area contributed by atoms with Gasteiger partial charge in [0.25, 0.3) is 5.91 Å². The minimum absolute atomic E-state index is 0.0121. The number of nitrogens with one attached hydrogen (secondary N) is 1. The highest BCUT2D eigenvalue weighted by Gasteiger charge is 2.23. The second-order valence-electron chi connectivity index (χ2n) is 8.78. The van der Waals surface area contributed by atoms with Gasteiger partial charge in [-0.3, -0.25) is 9.69 Å². The lowest BCUT2D eigenvalue weighted by Gasteiger charge is -2.14. The van der Waals surface area contributed by atoms with Gasteiger partial charge in [0.15, 0.2) is 11.5 Å². The maximum atomic E-state index is 12.7. The van der Waals surface area contributed by atoms with Crippen molar-refractivity contribution in [2.45, 2.75) is 32.7 Å². The predicted molar refractivity (Wildman–Crippen MR) is 134 cm³/mol. The number of benzene rings is 1. The topological polar surface area (TPSA) is 124 Å². The molecule has 1 saturated heterocycles. The first kappa shape index (κ1) is 23.3. The summed E-state index contributed by atoms with van der Waals surface area (Å²) in [4.78, 5) is 30.8. The minimum atomic E-state index is -0.170. The van der Waals surface area contributed by atoms with Gasteiger partial charge in [-0.2, -0.15) is 0 Å². The second-order valence-corrected chi connectivity index (χ2v) is 9.81. The number of ether oxygens (including phenoxy) is 2. The van der Waals surface area contributed by atoms with Crippen LogP contribution in [-0.2, 0) is 4.84 Å². The molecule has 1 amide bonds. The van der Waals surface area contributed by atoms with Gasteiger partial charge < -0.3 is 25.4 Å². The van der Waals surface area contributed by atoms with Crippen LogP contribution in [0.1, 0.15) is 47.6 Å². The molecule has 0 atom stereocenters. The molecule has 0 radical (unpaired) electrons. The van der Waals surface area contributed by atoms with Crippen LogP contribution in [0.4, 0.5) is 5.95 Å². The number of carbonyl (C=O) groups is 1. The second kappa shape index (κ2) is 10.0. The van der Waals surface area contributed by atoms with Gasteiger partial charge in [-0.1, -0.05) is 5.16 Å². The molecule has 0 spiro atoms. The van der Waals surface area contributed by atoms with E-state index in [0.717, 1.165) is 25.2 Å². The molecule has 184 valence electrons. The van der Waals surface area contributed by atoms with Crippen LogP contribution in [0.2, 0.25) is 0 Å². The summed E-state index contributed by atoms with van der Waals surface area (Å²) in [5.41, 5.74) is 7.78. The molecule has 5 rings (SSSR count). The van der Waals surface area contributed by atoms with Gasteiger partial charge >= 0.3 is 0 Å². The number of rotatable bonds is 8. The van der Waals surface area contributed by atoms with E-state index in [1.165, 1.54) is 24.2 Å². The lowest BCUT2D eigenvalue weighted by Crippen LogP contribution is -2.29. The Balaban J connectivity index is 1.53. The third kappa shape index (κ3) is 5.15. The number of nitrogen functional groups attached to an aromatic ring is 1. The van der Waals surface area contributed by atoms with Crippen LogP contribution >= 0.6 is 11.3 Å². The van der Waals surface area contributed by atoms with Gasteiger partial charge in [0, 0.05) is 23.5 Å². The summed E-state index contributed by atoms with van der Waals surface area (Å²) >= 11 is 1.26. The van der Waals surface area contributed by atoms with Gasteiger partial charge in [-0.05, 0) is 64.0 Å². The van der Waals surface area contributed by atoms with E-state index in [2.05, 4.69) is 25.3 Å². The Morgan fingerprint density at radius 3 is 2.83 bits per heavy atom. The first-order chi connectivity index (χ1) is 17.0. The molecule has 11 heteroatoms. The maximum absolute atomic E-state index is 12.7. The van der Waals surface area contributed by atoms with E-state index in [4.69, 9.17) is 20.0 Å². The molecule has 3 aromatic rings. The summed E-state index contributed by atoms with van der Waals surface area (Å²) in [7, 11) is 0. The predicted octanol–water partition coefficient (Wildman–Crippen LogP) is 3.01. The monoisotopic (exact) mass is 496 g/mol. The number of hydrogen-bond acceptors (Lipinski definition) is 10. The van der Waals surface area contributed by atoms with Crippen LogP contribution < -0.4 is 20.5 Å². The number of thiophene rings is 1. The van der Waals surface area contributed by atoms with Crippen LogP contribution in [0.25, 0.3) is 10.2 Å². The lowest BCUT2D eigenvalue weighted by molar-refractivity contribution is 0.0947. The van der Waals surface area contributed by atoms with Gasteiger partial charge in [0.1, 0.15) is 22.8 Å². The molecular formula is C24H28N6O4S. The van der Waals surface area contributed by atoms with Crippen molar-refractivity contribution in [2.24, 2.45) is 5.16 Å². The number of likely N-dealkylation sites (tertiary alicyclic amines) is 1. The van der Waals surface area contributed by atoms with Crippen molar-refractivity contribution < 1.29 is 19.1 Å². The Kier molecular flexibility index (Phi) is 6.69. The van der Waals surface area contributed by atoms with E-state index >= 15 is 0 Å². The summed E-state index contributed by atoms with van der Waals surface area (Å²) in [6, 6.07) is 7.33. The zero-order valence-electron chi connectivity index (χ0n) is 19.7. The molecule has 2 aromatic heterocycles. The number of carbonyl (C=O) groups excluding carboxylic acids is 1. The number of nitrogens with two attached hydrogens (primary N) is 1. The molecule has 4 heterocycles. The van der Waals surface area contributed by atoms with Crippen molar-refractivity contribution in [1.82, 2.24) is 20.2 Å². The number of hydrogen-bond donors (Lipinski definition) is 2. The Morgan fingerprint density at radius 1 is 1.23 bits per heavy atom. The Morgan fingerprint density at radius 2 is 2.03 bits per heavy atom. The van der Waals surface area contributed by atoms with Crippen molar-refractivity contribution in [3.63, 3.8) is 0 Å². The van der Waals surface area contributed by atoms with Gasteiger partial charge in [0.2, 0.25) is 12.7 Å². The lowest BCUT2D eigenvalue weighted by atomic mass is 10.0. The molecule has 2 aliphatic heterocycles. The largest absolute Gasteiger partial charge is 0.454 e. The highest BCUT2D eigenvalue weighted by atomic mass is 32.1. The minimum Gasteiger partial charge on any atom is -0.454 e. The standard InChI is InChI=1S/C24H28N6O4S/c1-14(2)26-22(31)19-12-16-21(27-24(25)28-23(16)35-19)20(29-34-10-9-30-7-3-4-8-30)15-5-6-17-18(11-15)33-13-32-17/h5-6,11-12,14H,3-4,7-10,13H2,1-2H3,(H,26,31)(H2,25,27,28). The number of aromatic nitrogens is 2. The third-order valence-corrected chi connectivity index (χ3v) is 6.80. The Bertz CT molecular complexity index is 1270. The molecule has 10 nitrogen and oxygen atoms in total. The van der Waals surface area contributed by atoms with Crippen molar-refractivity contribution in [2.75, 3.05) is 38.8 Å². The summed E-state index contributed by atoms with van der Waals surface area (Å²) in [5, 5.41) is 8.09. The number of anilines is 1. The van der Waals surface area contributed by atoms with Crippen molar-refractivity contribution in [3.05, 3.63) is 40.4 Å². The molecule has 1 fully saturated rings. The van der Waals surface area contributed by atoms with E-state index in [0.29, 0.717) is 44.6 Å². The van der Waals surface area contributed by atoms with Crippen LogP contribution in [0, 0.1) is 0 Å². The van der Waals surface area contributed by atoms with E-state index in [1.54, 1.807) is 6.07 Å². The smallest absolute Gasteiger partial charge is 0.261 e. The summed E-state index contributed by atoms with van der Waals surface area (Å²) in [6.07, 6.45) is 2.43.